The number of allylic oxidation sites excluding steroid dienone is 4. The van der Waals surface area contributed by atoms with Gasteiger partial charge in [-0.05, 0) is 71.0 Å². The van der Waals surface area contributed by atoms with E-state index < -0.39 is 0 Å². The van der Waals surface area contributed by atoms with Crippen LogP contribution in [-0.4, -0.2) is 18.0 Å². The Labute approximate surface area is 146 Å². The number of ketones is 1. The quantitative estimate of drug-likeness (QED) is 0.792. The summed E-state index contributed by atoms with van der Waals surface area (Å²) in [5.41, 5.74) is 2.69. The van der Waals surface area contributed by atoms with Crippen molar-refractivity contribution in [2.45, 2.75) is 34.1 Å². The molecule has 124 valence electrons. The zero-order chi connectivity index (χ0) is 17.4. The van der Waals surface area contributed by atoms with E-state index in [-0.39, 0.29) is 22.9 Å². The SMILES string of the molecule is C/C=C(/c1ccc(OC)c(O)c1Br)C1C(=O)C=C(C)CC1(C)C. The third kappa shape index (κ3) is 3.23. The molecule has 1 aromatic carbocycles. The van der Waals surface area contributed by atoms with Crippen molar-refractivity contribution in [2.24, 2.45) is 11.3 Å². The van der Waals surface area contributed by atoms with Gasteiger partial charge in [0.1, 0.15) is 0 Å². The van der Waals surface area contributed by atoms with Gasteiger partial charge in [0.25, 0.3) is 0 Å². The fraction of sp³-hybridized carbons (Fsp3) is 0.421. The molecular formula is C19H23BrO3. The average molecular weight is 379 g/mol. The molecule has 1 aromatic rings. The van der Waals surface area contributed by atoms with E-state index in [1.807, 2.05) is 26.0 Å². The number of benzene rings is 1. The Hall–Kier alpha value is -1.55. The first kappa shape index (κ1) is 17.8. The summed E-state index contributed by atoms with van der Waals surface area (Å²) in [4.78, 5) is 12.7. The van der Waals surface area contributed by atoms with Crippen LogP contribution in [0.2, 0.25) is 0 Å². The van der Waals surface area contributed by atoms with Crippen LogP contribution in [0.5, 0.6) is 11.5 Å². The average Bonchev–Trinajstić information content (AvgIpc) is 2.45. The summed E-state index contributed by atoms with van der Waals surface area (Å²) in [6, 6.07) is 3.60. The fourth-order valence-electron chi connectivity index (χ4n) is 3.57. The molecule has 0 heterocycles. The largest absolute Gasteiger partial charge is 0.503 e. The minimum absolute atomic E-state index is 0.0529. The number of aromatic hydroxyl groups is 1. The molecule has 4 heteroatoms. The second-order valence-corrected chi connectivity index (χ2v) is 7.51. The summed E-state index contributed by atoms with van der Waals surface area (Å²) in [6.45, 7) is 8.16. The molecule has 1 aliphatic carbocycles. The third-order valence-electron chi connectivity index (χ3n) is 4.42. The Morgan fingerprint density at radius 1 is 1.43 bits per heavy atom. The summed E-state index contributed by atoms with van der Waals surface area (Å²) in [5.74, 6) is 0.340. The van der Waals surface area contributed by atoms with Crippen molar-refractivity contribution in [3.63, 3.8) is 0 Å². The molecule has 1 atom stereocenters. The van der Waals surface area contributed by atoms with E-state index in [0.717, 1.165) is 23.1 Å². The minimum Gasteiger partial charge on any atom is -0.503 e. The van der Waals surface area contributed by atoms with Gasteiger partial charge in [-0.1, -0.05) is 25.5 Å². The number of phenols is 1. The van der Waals surface area contributed by atoms with Crippen LogP contribution in [0.15, 0.2) is 34.3 Å². The number of rotatable bonds is 3. The van der Waals surface area contributed by atoms with Gasteiger partial charge in [0, 0.05) is 0 Å². The molecule has 0 amide bonds. The highest BCUT2D eigenvalue weighted by Crippen LogP contribution is 2.48. The Morgan fingerprint density at radius 3 is 2.61 bits per heavy atom. The van der Waals surface area contributed by atoms with Crippen LogP contribution < -0.4 is 4.74 Å². The predicted octanol–water partition coefficient (Wildman–Crippen LogP) is 5.13. The van der Waals surface area contributed by atoms with Gasteiger partial charge >= 0.3 is 0 Å². The van der Waals surface area contributed by atoms with Gasteiger partial charge in [0.2, 0.25) is 0 Å². The third-order valence-corrected chi connectivity index (χ3v) is 5.22. The number of halogens is 1. The van der Waals surface area contributed by atoms with E-state index in [9.17, 15) is 9.90 Å². The number of ether oxygens (including phenoxy) is 1. The Bertz CT molecular complexity index is 699. The van der Waals surface area contributed by atoms with Crippen molar-refractivity contribution in [1.29, 1.82) is 0 Å². The lowest BCUT2D eigenvalue weighted by Gasteiger charge is -2.38. The molecule has 0 spiro atoms. The molecular weight excluding hydrogens is 356 g/mol. The molecule has 0 bridgehead atoms. The van der Waals surface area contributed by atoms with Crippen LogP contribution in [0, 0.1) is 11.3 Å². The summed E-state index contributed by atoms with van der Waals surface area (Å²) in [7, 11) is 1.51. The van der Waals surface area contributed by atoms with Crippen molar-refractivity contribution >= 4 is 27.3 Å². The Balaban J connectivity index is 2.58. The first-order chi connectivity index (χ1) is 10.7. The number of hydrogen-bond acceptors (Lipinski definition) is 3. The molecule has 1 aliphatic rings. The molecule has 0 fully saturated rings. The molecule has 2 rings (SSSR count). The lowest BCUT2D eigenvalue weighted by molar-refractivity contribution is -0.120. The highest BCUT2D eigenvalue weighted by molar-refractivity contribution is 9.10. The van der Waals surface area contributed by atoms with E-state index in [2.05, 4.69) is 29.8 Å². The van der Waals surface area contributed by atoms with Crippen LogP contribution in [0.3, 0.4) is 0 Å². The molecule has 0 aliphatic heterocycles. The first-order valence-electron chi connectivity index (χ1n) is 7.66. The zero-order valence-electron chi connectivity index (χ0n) is 14.2. The number of methoxy groups -OCH3 is 1. The van der Waals surface area contributed by atoms with Crippen LogP contribution in [0.4, 0.5) is 0 Å². The summed E-state index contributed by atoms with van der Waals surface area (Å²) in [5, 5.41) is 10.3. The highest BCUT2D eigenvalue weighted by atomic mass is 79.9. The number of hydrogen-bond donors (Lipinski definition) is 1. The van der Waals surface area contributed by atoms with Gasteiger partial charge in [-0.15, -0.1) is 0 Å². The topological polar surface area (TPSA) is 46.5 Å². The lowest BCUT2D eigenvalue weighted by Crippen LogP contribution is -2.35. The zero-order valence-corrected chi connectivity index (χ0v) is 15.8. The van der Waals surface area contributed by atoms with Gasteiger partial charge in [0.05, 0.1) is 17.5 Å². The first-order valence-corrected chi connectivity index (χ1v) is 8.45. The van der Waals surface area contributed by atoms with Crippen molar-refractivity contribution < 1.29 is 14.6 Å². The van der Waals surface area contributed by atoms with E-state index in [4.69, 9.17) is 4.74 Å². The van der Waals surface area contributed by atoms with E-state index in [0.29, 0.717) is 10.2 Å². The fourth-order valence-corrected chi connectivity index (χ4v) is 4.13. The smallest absolute Gasteiger partial charge is 0.172 e. The summed E-state index contributed by atoms with van der Waals surface area (Å²) >= 11 is 3.45. The second kappa shape index (κ2) is 6.52. The standard InChI is InChI=1S/C19H23BrO3/c1-6-12(13-7-8-15(23-5)18(22)17(13)20)16-14(21)9-11(2)10-19(16,3)4/h6-9,16,22H,10H2,1-5H3/b12-6-. The molecule has 0 aromatic heterocycles. The lowest BCUT2D eigenvalue weighted by atomic mass is 9.64. The van der Waals surface area contributed by atoms with Gasteiger partial charge in [-0.2, -0.15) is 0 Å². The molecule has 3 nitrogen and oxygen atoms in total. The van der Waals surface area contributed by atoms with Crippen LogP contribution in [-0.2, 0) is 4.79 Å². The maximum Gasteiger partial charge on any atom is 0.172 e. The van der Waals surface area contributed by atoms with Crippen molar-refractivity contribution in [1.82, 2.24) is 0 Å². The van der Waals surface area contributed by atoms with Crippen molar-refractivity contribution in [3.05, 3.63) is 39.9 Å². The van der Waals surface area contributed by atoms with E-state index >= 15 is 0 Å². The second-order valence-electron chi connectivity index (χ2n) is 6.71. The van der Waals surface area contributed by atoms with Gasteiger partial charge in [-0.25, -0.2) is 0 Å². The molecule has 1 unspecified atom stereocenters. The molecule has 0 saturated carbocycles. The van der Waals surface area contributed by atoms with E-state index in [1.165, 1.54) is 7.11 Å². The Kier molecular flexibility index (Phi) is 5.04. The van der Waals surface area contributed by atoms with Gasteiger partial charge in [0.15, 0.2) is 17.3 Å². The number of carbonyl (C=O) groups excluding carboxylic acids is 1. The summed E-state index contributed by atoms with van der Waals surface area (Å²) < 4.78 is 5.70. The van der Waals surface area contributed by atoms with Crippen LogP contribution in [0.25, 0.3) is 5.57 Å². The maximum atomic E-state index is 12.7. The summed E-state index contributed by atoms with van der Waals surface area (Å²) in [6.07, 6.45) is 4.59. The predicted molar refractivity (Wildman–Crippen MR) is 96.7 cm³/mol. The molecule has 23 heavy (non-hydrogen) atoms. The van der Waals surface area contributed by atoms with Crippen molar-refractivity contribution in [3.8, 4) is 11.5 Å². The molecule has 1 N–H and O–H groups in total. The number of carbonyl (C=O) groups is 1. The normalized spacial score (nSPS) is 21.1. The van der Waals surface area contributed by atoms with Crippen molar-refractivity contribution in [2.75, 3.05) is 7.11 Å². The molecule has 0 saturated heterocycles. The Morgan fingerprint density at radius 2 is 2.09 bits per heavy atom. The van der Waals surface area contributed by atoms with Gasteiger partial charge in [-0.3, -0.25) is 4.79 Å². The van der Waals surface area contributed by atoms with Gasteiger partial charge < -0.3 is 9.84 Å². The minimum atomic E-state index is -0.236. The van der Waals surface area contributed by atoms with Crippen LogP contribution in [0.1, 0.15) is 39.7 Å². The highest BCUT2D eigenvalue weighted by Gasteiger charge is 2.40. The van der Waals surface area contributed by atoms with E-state index in [1.54, 1.807) is 12.1 Å². The maximum absolute atomic E-state index is 12.7. The molecule has 0 radical (unpaired) electrons. The monoisotopic (exact) mass is 378 g/mol. The van der Waals surface area contributed by atoms with Crippen LogP contribution >= 0.6 is 15.9 Å². The number of phenolic OH excluding ortho intramolecular Hbond substituents is 1.